The lowest BCUT2D eigenvalue weighted by molar-refractivity contribution is -0.123. The van der Waals surface area contributed by atoms with E-state index >= 15 is 0 Å². The number of carbonyl (C=O) groups is 4. The first kappa shape index (κ1) is 44.0. The molecule has 260 valence electrons. The van der Waals surface area contributed by atoms with Crippen molar-refractivity contribution in [2.45, 2.75) is 105 Å². The fraction of sp³-hybridized carbons (Fsp3) is 0.871. The second-order valence-electron chi connectivity index (χ2n) is 9.52. The first-order chi connectivity index (χ1) is 21.5. The van der Waals surface area contributed by atoms with Crippen molar-refractivity contribution in [3.63, 3.8) is 0 Å². The van der Waals surface area contributed by atoms with Crippen LogP contribution in [0, 0.1) is 0 Å². The second-order valence-corrected chi connectivity index (χ2v) is 10.6. The first-order valence-electron chi connectivity index (χ1n) is 16.6. The highest BCUT2D eigenvalue weighted by Gasteiger charge is 2.35. The predicted molar refractivity (Wildman–Crippen MR) is 179 cm³/mol. The number of carbonyl (C=O) groups excluding carboxylic acids is 4. The van der Waals surface area contributed by atoms with Crippen LogP contribution in [0.4, 0.5) is 4.79 Å². The van der Waals surface area contributed by atoms with Gasteiger partial charge in [0, 0.05) is 63.6 Å². The number of hydrogen-bond acceptors (Lipinski definition) is 8. The Kier molecular flexibility index (Phi) is 33.8. The van der Waals surface area contributed by atoms with Crippen molar-refractivity contribution < 1.29 is 33.4 Å². The Morgan fingerprint density at radius 2 is 1.07 bits per heavy atom. The smallest absolute Gasteiger partial charge is 0.315 e. The molecule has 12 nitrogen and oxygen atoms in total. The fourth-order valence-electron chi connectivity index (χ4n) is 3.77. The molecule has 2 saturated heterocycles. The fourth-order valence-corrected chi connectivity index (χ4v) is 5.05. The van der Waals surface area contributed by atoms with E-state index in [4.69, 9.17) is 14.2 Å². The number of rotatable bonds is 22. The van der Waals surface area contributed by atoms with Gasteiger partial charge in [0.2, 0.25) is 17.7 Å². The lowest BCUT2D eigenvalue weighted by atomic mass is 10.2. The zero-order valence-corrected chi connectivity index (χ0v) is 29.2. The lowest BCUT2D eigenvalue weighted by Crippen LogP contribution is -2.31. The lowest BCUT2D eigenvalue weighted by Gasteiger charge is -2.08. The van der Waals surface area contributed by atoms with Gasteiger partial charge in [-0.25, -0.2) is 4.79 Å². The van der Waals surface area contributed by atoms with Crippen LogP contribution >= 0.6 is 11.8 Å². The molecule has 13 heteroatoms. The number of thioether (sulfide) groups is 1. The highest BCUT2D eigenvalue weighted by atomic mass is 32.2. The third-order valence-electron chi connectivity index (χ3n) is 5.97. The summed E-state index contributed by atoms with van der Waals surface area (Å²) < 4.78 is 16.3. The molecule has 0 aliphatic carbocycles. The van der Waals surface area contributed by atoms with E-state index in [1.807, 2.05) is 46.4 Å². The van der Waals surface area contributed by atoms with Crippen molar-refractivity contribution >= 4 is 35.5 Å². The molecule has 2 rings (SSSR count). The summed E-state index contributed by atoms with van der Waals surface area (Å²) in [4.78, 5) is 45.0. The van der Waals surface area contributed by atoms with Gasteiger partial charge in [-0.3, -0.25) is 14.4 Å². The number of fused-ring (bicyclic) bond motifs is 1. The van der Waals surface area contributed by atoms with Gasteiger partial charge in [-0.2, -0.15) is 11.8 Å². The molecule has 5 amide bonds. The maximum absolute atomic E-state index is 11.6. The van der Waals surface area contributed by atoms with E-state index in [1.54, 1.807) is 0 Å². The molecule has 0 aromatic carbocycles. The summed E-state index contributed by atoms with van der Waals surface area (Å²) in [6.45, 7) is 17.0. The molecule has 0 unspecified atom stereocenters. The highest BCUT2D eigenvalue weighted by Crippen LogP contribution is 2.20. The molecule has 0 saturated carbocycles. The number of hydrogen-bond donors (Lipinski definition) is 5. The Labute approximate surface area is 271 Å². The summed E-state index contributed by atoms with van der Waals surface area (Å²) >= 11 is 1.89. The standard InChI is InChI=1S/C22H43N3O6.C5H8N2OS.2C2H6/c1-3-5-9-21(27)24-12-7-14-29-16-18-31-19-17-30-15-8-13-25-22(28)11-6-10-20(26)23-4-2;8-5-6-3-1-9-2-4(3)7-5;2*1-2/h3-19H2,1-2H3,(H,23,26)(H,24,27)(H,25,28);3-4H,1-2H2,(H2,6,7,8);2*1-2H3/t;3-,4+;;. The molecular formula is C31H63N5O7S. The zero-order valence-electron chi connectivity index (χ0n) is 28.4. The van der Waals surface area contributed by atoms with Crippen molar-refractivity contribution in [3.05, 3.63) is 0 Å². The normalized spacial score (nSPS) is 15.9. The summed E-state index contributed by atoms with van der Waals surface area (Å²) in [7, 11) is 0. The van der Waals surface area contributed by atoms with Crippen LogP contribution in [0.25, 0.3) is 0 Å². The zero-order chi connectivity index (χ0) is 33.3. The van der Waals surface area contributed by atoms with E-state index in [9.17, 15) is 19.2 Å². The molecule has 5 N–H and O–H groups in total. The van der Waals surface area contributed by atoms with Crippen LogP contribution in [-0.2, 0) is 28.6 Å². The molecule has 0 bridgehead atoms. The quantitative estimate of drug-likeness (QED) is 0.0883. The summed E-state index contributed by atoms with van der Waals surface area (Å²) in [6.07, 6.45) is 5.40. The van der Waals surface area contributed by atoms with Gasteiger partial charge < -0.3 is 40.8 Å². The van der Waals surface area contributed by atoms with E-state index in [2.05, 4.69) is 33.5 Å². The minimum absolute atomic E-state index is 0.00491. The van der Waals surface area contributed by atoms with Crippen molar-refractivity contribution in [2.75, 3.05) is 70.8 Å². The third-order valence-corrected chi connectivity index (χ3v) is 7.16. The van der Waals surface area contributed by atoms with E-state index in [0.717, 1.165) is 37.2 Å². The molecule has 2 heterocycles. The van der Waals surface area contributed by atoms with Gasteiger partial charge in [-0.15, -0.1) is 0 Å². The van der Waals surface area contributed by atoms with E-state index in [-0.39, 0.29) is 23.8 Å². The van der Waals surface area contributed by atoms with E-state index in [1.165, 1.54) is 0 Å². The monoisotopic (exact) mass is 649 g/mol. The average Bonchev–Trinajstić information content (AvgIpc) is 3.61. The molecule has 2 fully saturated rings. The summed E-state index contributed by atoms with van der Waals surface area (Å²) in [5, 5.41) is 14.1. The minimum Gasteiger partial charge on any atom is -0.379 e. The topological polar surface area (TPSA) is 156 Å². The molecule has 2 atom stereocenters. The maximum atomic E-state index is 11.6. The maximum Gasteiger partial charge on any atom is 0.315 e. The Morgan fingerprint density at radius 1 is 0.659 bits per heavy atom. The highest BCUT2D eigenvalue weighted by molar-refractivity contribution is 7.99. The summed E-state index contributed by atoms with van der Waals surface area (Å²) in [5.41, 5.74) is 0. The van der Waals surface area contributed by atoms with E-state index in [0.29, 0.717) is 97.0 Å². The number of amides is 5. The summed E-state index contributed by atoms with van der Waals surface area (Å²) in [5.74, 6) is 2.21. The van der Waals surface area contributed by atoms with Crippen LogP contribution in [-0.4, -0.2) is 107 Å². The van der Waals surface area contributed by atoms with Gasteiger partial charge in [-0.05, 0) is 32.6 Å². The van der Waals surface area contributed by atoms with Crippen LogP contribution in [0.2, 0.25) is 0 Å². The second kappa shape index (κ2) is 33.8. The Balaban J connectivity index is 0. The van der Waals surface area contributed by atoms with Crippen molar-refractivity contribution in [3.8, 4) is 0 Å². The molecule has 44 heavy (non-hydrogen) atoms. The Morgan fingerprint density at radius 3 is 1.50 bits per heavy atom. The van der Waals surface area contributed by atoms with E-state index < -0.39 is 0 Å². The molecule has 2 aliphatic heterocycles. The average molecular weight is 650 g/mol. The van der Waals surface area contributed by atoms with Crippen LogP contribution in [0.15, 0.2) is 0 Å². The van der Waals surface area contributed by atoms with Gasteiger partial charge in [0.25, 0.3) is 0 Å². The number of nitrogens with one attached hydrogen (secondary N) is 5. The third kappa shape index (κ3) is 27.5. The largest absolute Gasteiger partial charge is 0.379 e. The molecule has 0 radical (unpaired) electrons. The Hall–Kier alpha value is -2.09. The van der Waals surface area contributed by atoms with Crippen LogP contribution in [0.5, 0.6) is 0 Å². The van der Waals surface area contributed by atoms with Crippen molar-refractivity contribution in [1.82, 2.24) is 26.6 Å². The van der Waals surface area contributed by atoms with Crippen LogP contribution in [0.3, 0.4) is 0 Å². The number of urea groups is 1. The molecule has 2 aliphatic rings. The van der Waals surface area contributed by atoms with Gasteiger partial charge >= 0.3 is 6.03 Å². The van der Waals surface area contributed by atoms with Crippen LogP contribution in [0.1, 0.15) is 92.9 Å². The molecular weight excluding hydrogens is 586 g/mol. The Bertz CT molecular complexity index is 705. The van der Waals surface area contributed by atoms with Gasteiger partial charge in [-0.1, -0.05) is 41.0 Å². The molecule has 0 aromatic heterocycles. The summed E-state index contributed by atoms with van der Waals surface area (Å²) in [6, 6.07) is 0.815. The van der Waals surface area contributed by atoms with Gasteiger partial charge in [0.1, 0.15) is 0 Å². The van der Waals surface area contributed by atoms with Gasteiger partial charge in [0.05, 0.1) is 38.5 Å². The molecule has 0 spiro atoms. The van der Waals surface area contributed by atoms with Crippen molar-refractivity contribution in [2.24, 2.45) is 0 Å². The van der Waals surface area contributed by atoms with Crippen molar-refractivity contribution in [1.29, 1.82) is 0 Å². The van der Waals surface area contributed by atoms with Gasteiger partial charge in [0.15, 0.2) is 0 Å². The number of unbranched alkanes of at least 4 members (excludes halogenated alkanes) is 1. The predicted octanol–water partition coefficient (Wildman–Crippen LogP) is 3.38. The SMILES string of the molecule is CC.CC.CCCCC(=O)NCCCOCCOCCOCCCNC(=O)CCCC(=O)NCC.O=C1N[C@H]2CSC[C@H]2N1. The van der Waals surface area contributed by atoms with Crippen LogP contribution < -0.4 is 26.6 Å². The first-order valence-corrected chi connectivity index (χ1v) is 17.8. The minimum atomic E-state index is -0.0356. The molecule has 0 aromatic rings. The number of ether oxygens (including phenoxy) is 3.